The molecule has 2 N–H and O–H groups in total. The molecule has 8 nitrogen and oxygen atoms in total. The van der Waals surface area contributed by atoms with Crippen LogP contribution in [-0.4, -0.2) is 66.6 Å². The first kappa shape index (κ1) is 19.0. The van der Waals surface area contributed by atoms with Gasteiger partial charge in [0.2, 0.25) is 0 Å². The summed E-state index contributed by atoms with van der Waals surface area (Å²) in [6.45, 7) is 4.56. The van der Waals surface area contributed by atoms with Crippen LogP contribution in [0.1, 0.15) is 23.3 Å². The van der Waals surface area contributed by atoms with E-state index in [2.05, 4.69) is 31.5 Å². The van der Waals surface area contributed by atoms with Crippen molar-refractivity contribution in [2.24, 2.45) is 0 Å². The number of carbonyl (C=O) groups excluding carboxylic acids is 1. The molecule has 2 aromatic heterocycles. The van der Waals surface area contributed by atoms with Gasteiger partial charge in [-0.1, -0.05) is 6.07 Å². The van der Waals surface area contributed by atoms with E-state index in [1.165, 1.54) is 0 Å². The Balaban J connectivity index is 1.42. The Labute approximate surface area is 174 Å². The van der Waals surface area contributed by atoms with Gasteiger partial charge in [0, 0.05) is 49.5 Å². The maximum absolute atomic E-state index is 12.8. The van der Waals surface area contributed by atoms with Crippen LogP contribution in [0.4, 0.5) is 5.69 Å². The number of carbonyl (C=O) groups is 1. The minimum absolute atomic E-state index is 0.135. The molecule has 3 aromatic rings. The number of rotatable bonds is 4. The lowest BCUT2D eigenvalue weighted by atomic mass is 10.0. The number of aromatic nitrogens is 3. The number of H-pyrrole nitrogens is 1. The van der Waals surface area contributed by atoms with Crippen LogP contribution in [0.25, 0.3) is 22.0 Å². The lowest BCUT2D eigenvalue weighted by Crippen LogP contribution is -2.39. The number of hydrogen-bond acceptors (Lipinski definition) is 6. The smallest absolute Gasteiger partial charge is 0.272 e. The lowest BCUT2D eigenvalue weighted by molar-refractivity contribution is 0.0695. The van der Waals surface area contributed by atoms with Crippen LogP contribution < -0.4 is 10.2 Å². The summed E-state index contributed by atoms with van der Waals surface area (Å²) in [5.74, 6) is -0.148. The minimum atomic E-state index is -0.148. The standard InChI is InChI=1S/C22H25N5O3/c28-22(24-17-3-7-29-8-4-17)21-19-12-15(1-2-20(19)25-26-21)16-11-18(14-23-13-16)27-5-9-30-10-6-27/h1-2,11-14,17H,3-10H2,(H,24,28)(H,25,26). The summed E-state index contributed by atoms with van der Waals surface area (Å²) >= 11 is 0. The zero-order valence-corrected chi connectivity index (χ0v) is 16.8. The van der Waals surface area contributed by atoms with Gasteiger partial charge in [-0.3, -0.25) is 14.9 Å². The van der Waals surface area contributed by atoms with E-state index in [1.54, 1.807) is 0 Å². The SMILES string of the molecule is O=C(NC1CCOCC1)c1n[nH]c2ccc(-c3cncc(N4CCOCC4)c3)cc12. The molecule has 30 heavy (non-hydrogen) atoms. The molecule has 0 radical (unpaired) electrons. The molecule has 0 saturated carbocycles. The predicted octanol–water partition coefficient (Wildman–Crippen LogP) is 2.37. The number of pyridine rings is 1. The van der Waals surface area contributed by atoms with Gasteiger partial charge in [0.25, 0.3) is 5.91 Å². The van der Waals surface area contributed by atoms with Crippen molar-refractivity contribution in [3.8, 4) is 11.1 Å². The Morgan fingerprint density at radius 2 is 1.83 bits per heavy atom. The van der Waals surface area contributed by atoms with E-state index in [9.17, 15) is 4.79 Å². The number of benzene rings is 1. The number of nitrogens with zero attached hydrogens (tertiary/aromatic N) is 3. The zero-order valence-electron chi connectivity index (χ0n) is 16.8. The van der Waals surface area contributed by atoms with Crippen LogP contribution in [0, 0.1) is 0 Å². The van der Waals surface area contributed by atoms with E-state index < -0.39 is 0 Å². The highest BCUT2D eigenvalue weighted by Gasteiger charge is 2.21. The van der Waals surface area contributed by atoms with E-state index in [0.717, 1.165) is 66.9 Å². The van der Waals surface area contributed by atoms with Gasteiger partial charge in [-0.15, -0.1) is 0 Å². The second kappa shape index (κ2) is 8.41. The molecule has 0 spiro atoms. The highest BCUT2D eigenvalue weighted by atomic mass is 16.5. The van der Waals surface area contributed by atoms with Crippen molar-refractivity contribution >= 4 is 22.5 Å². The van der Waals surface area contributed by atoms with Gasteiger partial charge in [-0.05, 0) is 36.6 Å². The van der Waals surface area contributed by atoms with Crippen molar-refractivity contribution in [1.82, 2.24) is 20.5 Å². The fraction of sp³-hybridized carbons (Fsp3) is 0.409. The van der Waals surface area contributed by atoms with Gasteiger partial charge in [-0.2, -0.15) is 5.10 Å². The molecule has 8 heteroatoms. The maximum atomic E-state index is 12.8. The van der Waals surface area contributed by atoms with Gasteiger partial charge in [0.15, 0.2) is 5.69 Å². The van der Waals surface area contributed by atoms with Gasteiger partial charge in [0.1, 0.15) is 0 Å². The molecule has 1 amide bonds. The molecule has 4 heterocycles. The summed E-state index contributed by atoms with van der Waals surface area (Å²) in [6, 6.07) is 8.28. The largest absolute Gasteiger partial charge is 0.381 e. The summed E-state index contributed by atoms with van der Waals surface area (Å²) in [5.41, 5.74) is 4.37. The summed E-state index contributed by atoms with van der Waals surface area (Å²) < 4.78 is 10.8. The number of amides is 1. The van der Waals surface area contributed by atoms with Gasteiger partial charge in [0.05, 0.1) is 30.6 Å². The van der Waals surface area contributed by atoms with Crippen molar-refractivity contribution in [2.75, 3.05) is 44.4 Å². The first-order valence-corrected chi connectivity index (χ1v) is 10.4. The minimum Gasteiger partial charge on any atom is -0.381 e. The predicted molar refractivity (Wildman–Crippen MR) is 114 cm³/mol. The number of hydrogen-bond donors (Lipinski definition) is 2. The molecular formula is C22H25N5O3. The molecule has 2 saturated heterocycles. The topological polar surface area (TPSA) is 92.4 Å². The Hall–Kier alpha value is -2.97. The number of nitrogens with one attached hydrogen (secondary N) is 2. The van der Waals surface area contributed by atoms with E-state index >= 15 is 0 Å². The molecule has 156 valence electrons. The maximum Gasteiger partial charge on any atom is 0.272 e. The Kier molecular flexibility index (Phi) is 5.33. The van der Waals surface area contributed by atoms with Gasteiger partial charge >= 0.3 is 0 Å². The molecule has 0 unspecified atom stereocenters. The lowest BCUT2D eigenvalue weighted by Gasteiger charge is -2.28. The summed E-state index contributed by atoms with van der Waals surface area (Å²) in [5, 5.41) is 11.2. The van der Waals surface area contributed by atoms with Crippen LogP contribution in [-0.2, 0) is 9.47 Å². The van der Waals surface area contributed by atoms with Crippen molar-refractivity contribution in [3.63, 3.8) is 0 Å². The van der Waals surface area contributed by atoms with Crippen molar-refractivity contribution < 1.29 is 14.3 Å². The van der Waals surface area contributed by atoms with Crippen LogP contribution in [0.3, 0.4) is 0 Å². The molecule has 2 aliphatic heterocycles. The zero-order chi connectivity index (χ0) is 20.3. The molecule has 0 aliphatic carbocycles. The molecule has 0 atom stereocenters. The quantitative estimate of drug-likeness (QED) is 0.690. The number of morpholine rings is 1. The molecule has 5 rings (SSSR count). The molecule has 2 fully saturated rings. The summed E-state index contributed by atoms with van der Waals surface area (Å²) in [6.07, 6.45) is 5.41. The average Bonchev–Trinajstić information content (AvgIpc) is 3.24. The first-order valence-electron chi connectivity index (χ1n) is 10.4. The van der Waals surface area contributed by atoms with Gasteiger partial charge < -0.3 is 19.7 Å². The Bertz CT molecular complexity index is 1040. The first-order chi connectivity index (χ1) is 14.8. The van der Waals surface area contributed by atoms with Crippen LogP contribution >= 0.6 is 0 Å². The average molecular weight is 407 g/mol. The summed E-state index contributed by atoms with van der Waals surface area (Å²) in [7, 11) is 0. The third kappa shape index (κ3) is 3.88. The van der Waals surface area contributed by atoms with Crippen LogP contribution in [0.2, 0.25) is 0 Å². The van der Waals surface area contributed by atoms with E-state index in [4.69, 9.17) is 9.47 Å². The second-order valence-corrected chi connectivity index (χ2v) is 7.72. The Morgan fingerprint density at radius 1 is 1.03 bits per heavy atom. The monoisotopic (exact) mass is 407 g/mol. The van der Waals surface area contributed by atoms with Crippen molar-refractivity contribution in [3.05, 3.63) is 42.4 Å². The fourth-order valence-corrected chi connectivity index (χ4v) is 4.04. The van der Waals surface area contributed by atoms with Crippen LogP contribution in [0.15, 0.2) is 36.7 Å². The normalized spacial score (nSPS) is 17.9. The molecule has 2 aliphatic rings. The van der Waals surface area contributed by atoms with E-state index in [0.29, 0.717) is 18.9 Å². The second-order valence-electron chi connectivity index (χ2n) is 7.72. The molecule has 0 bridgehead atoms. The highest BCUT2D eigenvalue weighted by Crippen LogP contribution is 2.28. The molecular weight excluding hydrogens is 382 g/mol. The number of aromatic amines is 1. The number of anilines is 1. The summed E-state index contributed by atoms with van der Waals surface area (Å²) in [4.78, 5) is 19.6. The Morgan fingerprint density at radius 3 is 2.67 bits per heavy atom. The third-order valence-electron chi connectivity index (χ3n) is 5.77. The fourth-order valence-electron chi connectivity index (χ4n) is 4.04. The van der Waals surface area contributed by atoms with Crippen molar-refractivity contribution in [2.45, 2.75) is 18.9 Å². The number of ether oxygens (including phenoxy) is 2. The highest BCUT2D eigenvalue weighted by molar-refractivity contribution is 6.05. The van der Waals surface area contributed by atoms with Crippen LogP contribution in [0.5, 0.6) is 0 Å². The number of fused-ring (bicyclic) bond motifs is 1. The molecule has 1 aromatic carbocycles. The van der Waals surface area contributed by atoms with Gasteiger partial charge in [-0.25, -0.2) is 0 Å². The van der Waals surface area contributed by atoms with E-state index in [1.807, 2.05) is 30.6 Å². The third-order valence-corrected chi connectivity index (χ3v) is 5.77. The van der Waals surface area contributed by atoms with Crippen molar-refractivity contribution in [1.29, 1.82) is 0 Å². The van der Waals surface area contributed by atoms with E-state index in [-0.39, 0.29) is 11.9 Å².